The van der Waals surface area contributed by atoms with E-state index in [0.717, 1.165) is 16.6 Å². The number of nitrogens with one attached hydrogen (secondary N) is 1. The van der Waals surface area contributed by atoms with Gasteiger partial charge in [0.05, 0.1) is 9.54 Å². The summed E-state index contributed by atoms with van der Waals surface area (Å²) in [7, 11) is -3.13. The number of hydrogen-bond acceptors (Lipinski definition) is 3. The molecule has 0 aromatic carbocycles. The monoisotopic (exact) mass is 359 g/mol. The Morgan fingerprint density at radius 1 is 1.35 bits per heavy atom. The van der Waals surface area contributed by atoms with Gasteiger partial charge >= 0.3 is 0 Å². The fraction of sp³-hybridized carbons (Fsp3) is 0.600. The lowest BCUT2D eigenvalue weighted by molar-refractivity contribution is 0.578. The van der Waals surface area contributed by atoms with Gasteiger partial charge in [0.1, 0.15) is 0 Å². The fourth-order valence-corrected chi connectivity index (χ4v) is 4.09. The fourth-order valence-electron chi connectivity index (χ4n) is 1.27. The number of halogens is 2. The summed E-state index contributed by atoms with van der Waals surface area (Å²) in [6.45, 7) is 0.455. The van der Waals surface area contributed by atoms with Crippen LogP contribution in [-0.2, 0) is 16.4 Å². The van der Waals surface area contributed by atoms with E-state index in [0.29, 0.717) is 18.8 Å². The van der Waals surface area contributed by atoms with Crippen molar-refractivity contribution >= 4 is 48.9 Å². The lowest BCUT2D eigenvalue weighted by atomic mass is 10.3. The zero-order valence-corrected chi connectivity index (χ0v) is 13.3. The molecule has 0 aliphatic heterocycles. The van der Waals surface area contributed by atoms with Crippen LogP contribution in [0.1, 0.15) is 17.7 Å². The molecule has 1 heterocycles. The highest BCUT2D eigenvalue weighted by Crippen LogP contribution is 2.22. The van der Waals surface area contributed by atoms with Crippen LogP contribution >= 0.6 is 38.9 Å². The largest absolute Gasteiger partial charge is 0.215 e. The van der Waals surface area contributed by atoms with E-state index >= 15 is 0 Å². The smallest absolute Gasteiger partial charge is 0.211 e. The summed E-state index contributed by atoms with van der Waals surface area (Å²) in [6, 6.07) is 3.96. The SMILES string of the molecule is O=S(=O)(CCCCCl)NCCc1ccc(Br)s1. The minimum Gasteiger partial charge on any atom is -0.215 e. The molecule has 7 heteroatoms. The van der Waals surface area contributed by atoms with Crippen molar-refractivity contribution in [2.24, 2.45) is 0 Å². The summed E-state index contributed by atoms with van der Waals surface area (Å²) in [4.78, 5) is 1.17. The van der Waals surface area contributed by atoms with Gasteiger partial charge in [-0.1, -0.05) is 0 Å². The second-order valence-corrected chi connectivity index (χ2v) is 8.42. The number of alkyl halides is 1. The summed E-state index contributed by atoms with van der Waals surface area (Å²) in [5, 5.41) is 0. The molecule has 0 aliphatic carbocycles. The highest BCUT2D eigenvalue weighted by Gasteiger charge is 2.09. The highest BCUT2D eigenvalue weighted by atomic mass is 79.9. The van der Waals surface area contributed by atoms with Crippen LogP contribution in [0.5, 0.6) is 0 Å². The van der Waals surface area contributed by atoms with Gasteiger partial charge in [-0.15, -0.1) is 22.9 Å². The predicted molar refractivity (Wildman–Crippen MR) is 77.5 cm³/mol. The zero-order chi connectivity index (χ0) is 12.7. The van der Waals surface area contributed by atoms with Gasteiger partial charge in [0, 0.05) is 17.3 Å². The maximum atomic E-state index is 11.5. The second kappa shape index (κ2) is 7.74. The van der Waals surface area contributed by atoms with Crippen LogP contribution in [0.15, 0.2) is 15.9 Å². The number of sulfonamides is 1. The molecule has 0 fully saturated rings. The molecule has 98 valence electrons. The molecule has 0 atom stereocenters. The summed E-state index contributed by atoms with van der Waals surface area (Å²) < 4.78 is 26.7. The average molecular weight is 361 g/mol. The third-order valence-electron chi connectivity index (χ3n) is 2.12. The lowest BCUT2D eigenvalue weighted by Crippen LogP contribution is -2.28. The molecular formula is C10H15BrClNO2S2. The molecule has 0 spiro atoms. The van der Waals surface area contributed by atoms with Gasteiger partial charge in [-0.05, 0) is 47.3 Å². The molecule has 0 amide bonds. The van der Waals surface area contributed by atoms with Gasteiger partial charge in [-0.2, -0.15) is 0 Å². The summed E-state index contributed by atoms with van der Waals surface area (Å²) in [6.07, 6.45) is 2.08. The van der Waals surface area contributed by atoms with Crippen molar-refractivity contribution < 1.29 is 8.42 Å². The Labute approximate surface area is 120 Å². The molecule has 1 rings (SSSR count). The predicted octanol–water partition coefficient (Wildman–Crippen LogP) is 2.99. The van der Waals surface area contributed by atoms with Crippen LogP contribution in [-0.4, -0.2) is 26.6 Å². The molecule has 17 heavy (non-hydrogen) atoms. The van der Waals surface area contributed by atoms with Gasteiger partial charge in [0.25, 0.3) is 0 Å². The molecule has 0 unspecified atom stereocenters. The van der Waals surface area contributed by atoms with E-state index in [4.69, 9.17) is 11.6 Å². The van der Waals surface area contributed by atoms with Crippen molar-refractivity contribution in [2.75, 3.05) is 18.2 Å². The first-order valence-corrected chi connectivity index (χ1v) is 9.10. The summed E-state index contributed by atoms with van der Waals surface area (Å²) in [5.74, 6) is 0.673. The second-order valence-electron chi connectivity index (χ2n) is 3.57. The Balaban J connectivity index is 2.25. The van der Waals surface area contributed by atoms with Crippen molar-refractivity contribution in [2.45, 2.75) is 19.3 Å². The Morgan fingerprint density at radius 2 is 2.12 bits per heavy atom. The minimum absolute atomic E-state index is 0.161. The molecule has 1 aromatic rings. The third kappa shape index (κ3) is 6.76. The van der Waals surface area contributed by atoms with Crippen molar-refractivity contribution in [1.29, 1.82) is 0 Å². The molecule has 0 saturated carbocycles. The van der Waals surface area contributed by atoms with E-state index in [9.17, 15) is 8.42 Å². The first-order chi connectivity index (χ1) is 8.03. The number of thiophene rings is 1. The maximum Gasteiger partial charge on any atom is 0.211 e. The van der Waals surface area contributed by atoms with Crippen molar-refractivity contribution in [3.8, 4) is 0 Å². The van der Waals surface area contributed by atoms with Gasteiger partial charge in [0.2, 0.25) is 10.0 Å². The van der Waals surface area contributed by atoms with Crippen molar-refractivity contribution in [1.82, 2.24) is 4.72 Å². The van der Waals surface area contributed by atoms with Crippen molar-refractivity contribution in [3.05, 3.63) is 20.8 Å². The van der Waals surface area contributed by atoms with Gasteiger partial charge in [-0.3, -0.25) is 0 Å². The Morgan fingerprint density at radius 3 is 2.71 bits per heavy atom. The minimum atomic E-state index is -3.13. The summed E-state index contributed by atoms with van der Waals surface area (Å²) >= 11 is 10.5. The van der Waals surface area contributed by atoms with Crippen LogP contribution in [0.4, 0.5) is 0 Å². The van der Waals surface area contributed by atoms with Gasteiger partial charge in [0.15, 0.2) is 0 Å². The van der Waals surface area contributed by atoms with E-state index in [1.807, 2.05) is 12.1 Å². The van der Waals surface area contributed by atoms with Crippen LogP contribution in [0.2, 0.25) is 0 Å². The highest BCUT2D eigenvalue weighted by molar-refractivity contribution is 9.11. The average Bonchev–Trinajstić information content (AvgIpc) is 2.64. The number of hydrogen-bond donors (Lipinski definition) is 1. The van der Waals surface area contributed by atoms with Crippen LogP contribution in [0.3, 0.4) is 0 Å². The maximum absolute atomic E-state index is 11.5. The molecule has 3 nitrogen and oxygen atoms in total. The third-order valence-corrected chi connectivity index (χ3v) is 5.54. The van der Waals surface area contributed by atoms with E-state index < -0.39 is 10.0 Å². The topological polar surface area (TPSA) is 46.2 Å². The van der Waals surface area contributed by atoms with E-state index in [1.165, 1.54) is 4.88 Å². The quantitative estimate of drug-likeness (QED) is 0.572. The first-order valence-electron chi connectivity index (χ1n) is 5.31. The van der Waals surface area contributed by atoms with E-state index in [2.05, 4.69) is 20.7 Å². The van der Waals surface area contributed by atoms with E-state index in [-0.39, 0.29) is 5.75 Å². The van der Waals surface area contributed by atoms with Gasteiger partial charge < -0.3 is 0 Å². The lowest BCUT2D eigenvalue weighted by Gasteiger charge is -2.05. The molecule has 1 aromatic heterocycles. The molecule has 0 saturated heterocycles. The summed E-state index contributed by atoms with van der Waals surface area (Å²) in [5.41, 5.74) is 0. The van der Waals surface area contributed by atoms with Crippen LogP contribution < -0.4 is 4.72 Å². The zero-order valence-electron chi connectivity index (χ0n) is 9.29. The van der Waals surface area contributed by atoms with E-state index in [1.54, 1.807) is 11.3 Å². The van der Waals surface area contributed by atoms with Crippen LogP contribution in [0.25, 0.3) is 0 Å². The molecule has 1 N–H and O–H groups in total. The Hall–Kier alpha value is 0.380. The Kier molecular flexibility index (Phi) is 7.02. The first kappa shape index (κ1) is 15.4. The number of unbranched alkanes of at least 4 members (excludes halogenated alkanes) is 1. The van der Waals surface area contributed by atoms with Crippen molar-refractivity contribution in [3.63, 3.8) is 0 Å². The number of rotatable bonds is 8. The Bertz CT molecular complexity index is 433. The van der Waals surface area contributed by atoms with Crippen LogP contribution in [0, 0.1) is 0 Å². The molecular weight excluding hydrogens is 346 g/mol. The molecule has 0 radical (unpaired) electrons. The standard InChI is InChI=1S/C10H15BrClNO2S2/c11-10-4-3-9(16-10)5-7-13-17(14,15)8-2-1-6-12/h3-4,13H,1-2,5-8H2. The molecule has 0 aliphatic rings. The molecule has 0 bridgehead atoms. The normalized spacial score (nSPS) is 11.9. The van der Waals surface area contributed by atoms with Gasteiger partial charge in [-0.25, -0.2) is 13.1 Å².